The van der Waals surface area contributed by atoms with Crippen LogP contribution >= 0.6 is 0 Å². The Bertz CT molecular complexity index is 371. The van der Waals surface area contributed by atoms with E-state index in [-0.39, 0.29) is 0 Å². The van der Waals surface area contributed by atoms with E-state index in [4.69, 9.17) is 10.2 Å². The topological polar surface area (TPSA) is 57.5 Å². The first kappa shape index (κ1) is 10.3. The molecular weight excluding hydrogens is 180 g/mol. The Labute approximate surface area is 82.3 Å². The van der Waals surface area contributed by atoms with Gasteiger partial charge in [0, 0.05) is 5.56 Å². The van der Waals surface area contributed by atoms with Gasteiger partial charge in [-0.25, -0.2) is 0 Å². The minimum atomic E-state index is -0.644. The van der Waals surface area contributed by atoms with Crippen molar-refractivity contribution in [3.05, 3.63) is 46.9 Å². The van der Waals surface area contributed by atoms with Crippen molar-refractivity contribution >= 4 is 5.78 Å². The van der Waals surface area contributed by atoms with E-state index in [2.05, 4.69) is 0 Å². The average Bonchev–Trinajstić information content (AvgIpc) is 2.14. The molecule has 0 saturated heterocycles. The summed E-state index contributed by atoms with van der Waals surface area (Å²) in [5, 5.41) is 17.5. The summed E-state index contributed by atoms with van der Waals surface area (Å²) in [6.45, 7) is 3.73. The van der Waals surface area contributed by atoms with Gasteiger partial charge in [-0.3, -0.25) is 4.79 Å². The fourth-order valence-corrected chi connectivity index (χ4v) is 1.31. The number of aliphatic hydroxyl groups excluding tert-OH is 2. The third-order valence-electron chi connectivity index (χ3n) is 1.84. The fourth-order valence-electron chi connectivity index (χ4n) is 1.31. The van der Waals surface area contributed by atoms with E-state index < -0.39 is 11.5 Å². The van der Waals surface area contributed by atoms with Crippen LogP contribution in [0.15, 0.2) is 30.2 Å². The van der Waals surface area contributed by atoms with Crippen molar-refractivity contribution in [3.63, 3.8) is 0 Å². The molecule has 0 aromatic heterocycles. The predicted molar refractivity (Wildman–Crippen MR) is 53.6 cm³/mol. The standard InChI is InChI=1S/C11H12O3/c1-7-3-8(2)5-9(4-7)11(14)10(13)6-12/h3-6,12-13H,1-2H3. The lowest BCUT2D eigenvalue weighted by atomic mass is 10.0. The zero-order valence-corrected chi connectivity index (χ0v) is 8.11. The van der Waals surface area contributed by atoms with Gasteiger partial charge in [-0.15, -0.1) is 0 Å². The number of hydrogen-bond donors (Lipinski definition) is 2. The molecule has 3 nitrogen and oxygen atoms in total. The second kappa shape index (κ2) is 3.96. The van der Waals surface area contributed by atoms with Gasteiger partial charge < -0.3 is 10.2 Å². The van der Waals surface area contributed by atoms with Crippen molar-refractivity contribution < 1.29 is 15.0 Å². The predicted octanol–water partition coefficient (Wildman–Crippen LogP) is 2.44. The molecule has 0 amide bonds. The molecule has 1 aromatic carbocycles. The maximum Gasteiger partial charge on any atom is 0.230 e. The van der Waals surface area contributed by atoms with E-state index in [1.807, 2.05) is 19.9 Å². The van der Waals surface area contributed by atoms with Crippen LogP contribution in [0, 0.1) is 13.8 Å². The molecule has 0 unspecified atom stereocenters. The molecular formula is C11H12O3. The Morgan fingerprint density at radius 1 is 1.21 bits per heavy atom. The summed E-state index contributed by atoms with van der Waals surface area (Å²) in [5.41, 5.74) is 2.27. The lowest BCUT2D eigenvalue weighted by Gasteiger charge is -2.02. The van der Waals surface area contributed by atoms with E-state index in [0.717, 1.165) is 11.1 Å². The minimum absolute atomic E-state index is 0.380. The molecule has 0 heterocycles. The van der Waals surface area contributed by atoms with Crippen molar-refractivity contribution in [2.24, 2.45) is 0 Å². The smallest absolute Gasteiger partial charge is 0.230 e. The summed E-state index contributed by atoms with van der Waals surface area (Å²) in [4.78, 5) is 11.4. The lowest BCUT2D eigenvalue weighted by Crippen LogP contribution is -2.03. The molecule has 14 heavy (non-hydrogen) atoms. The lowest BCUT2D eigenvalue weighted by molar-refractivity contribution is 0.0971. The van der Waals surface area contributed by atoms with Crippen LogP contribution in [0.2, 0.25) is 0 Å². The summed E-state index contributed by atoms with van der Waals surface area (Å²) in [7, 11) is 0. The molecule has 0 saturated carbocycles. The zero-order valence-electron chi connectivity index (χ0n) is 8.11. The van der Waals surface area contributed by atoms with E-state index in [0.29, 0.717) is 11.8 Å². The van der Waals surface area contributed by atoms with Crippen molar-refractivity contribution in [1.82, 2.24) is 0 Å². The molecule has 0 aliphatic rings. The highest BCUT2D eigenvalue weighted by molar-refractivity contribution is 6.07. The monoisotopic (exact) mass is 192 g/mol. The molecule has 2 N–H and O–H groups in total. The Balaban J connectivity index is 3.14. The molecule has 74 valence electrons. The normalized spacial score (nSPS) is 11.4. The third kappa shape index (κ3) is 2.13. The van der Waals surface area contributed by atoms with E-state index in [1.54, 1.807) is 12.1 Å². The number of carbonyl (C=O) groups is 1. The van der Waals surface area contributed by atoms with Crippen LogP contribution in [0.1, 0.15) is 21.5 Å². The van der Waals surface area contributed by atoms with Gasteiger partial charge in [0.05, 0.1) is 0 Å². The first-order valence-corrected chi connectivity index (χ1v) is 4.21. The van der Waals surface area contributed by atoms with Crippen molar-refractivity contribution in [2.75, 3.05) is 0 Å². The summed E-state index contributed by atoms with van der Waals surface area (Å²) in [5.74, 6) is -1.21. The number of Topliss-reactive ketones (excluding diaryl/α,β-unsaturated/α-hetero) is 1. The Morgan fingerprint density at radius 2 is 1.71 bits per heavy atom. The van der Waals surface area contributed by atoms with Gasteiger partial charge in [-0.1, -0.05) is 17.2 Å². The van der Waals surface area contributed by atoms with E-state index >= 15 is 0 Å². The molecule has 0 fully saturated rings. The van der Waals surface area contributed by atoms with Crippen molar-refractivity contribution in [2.45, 2.75) is 13.8 Å². The maximum absolute atomic E-state index is 11.4. The molecule has 3 heteroatoms. The molecule has 0 aliphatic carbocycles. The van der Waals surface area contributed by atoms with Crippen molar-refractivity contribution in [1.29, 1.82) is 0 Å². The zero-order chi connectivity index (χ0) is 10.7. The SMILES string of the molecule is Cc1cc(C)cc(C(=O)C(O)=CO)c1. The highest BCUT2D eigenvalue weighted by Gasteiger charge is 2.11. The molecule has 0 atom stereocenters. The number of carbonyl (C=O) groups excluding carboxylic acids is 1. The minimum Gasteiger partial charge on any atom is -0.512 e. The Hall–Kier alpha value is -1.77. The second-order valence-electron chi connectivity index (χ2n) is 3.22. The van der Waals surface area contributed by atoms with Gasteiger partial charge in [0.1, 0.15) is 6.26 Å². The van der Waals surface area contributed by atoms with Crippen LogP contribution in [0.4, 0.5) is 0 Å². The van der Waals surface area contributed by atoms with Crippen LogP contribution in [0.3, 0.4) is 0 Å². The number of hydrogen-bond acceptors (Lipinski definition) is 3. The number of rotatable bonds is 2. The summed E-state index contributed by atoms with van der Waals surface area (Å²) >= 11 is 0. The number of aryl methyl sites for hydroxylation is 2. The largest absolute Gasteiger partial charge is 0.512 e. The van der Waals surface area contributed by atoms with Crippen LogP contribution < -0.4 is 0 Å². The van der Waals surface area contributed by atoms with Gasteiger partial charge >= 0.3 is 0 Å². The first-order chi connectivity index (χ1) is 6.54. The third-order valence-corrected chi connectivity index (χ3v) is 1.84. The Kier molecular flexibility index (Phi) is 2.92. The van der Waals surface area contributed by atoms with Crippen molar-refractivity contribution in [3.8, 4) is 0 Å². The number of allylic oxidation sites excluding steroid dienone is 1. The summed E-state index contributed by atoms with van der Waals surface area (Å²) in [6.07, 6.45) is 0.403. The molecule has 1 aromatic rings. The fraction of sp³-hybridized carbons (Fsp3) is 0.182. The van der Waals surface area contributed by atoms with Crippen LogP contribution in [0.25, 0.3) is 0 Å². The van der Waals surface area contributed by atoms with E-state index in [9.17, 15) is 4.79 Å². The van der Waals surface area contributed by atoms with E-state index in [1.165, 1.54) is 0 Å². The highest BCUT2D eigenvalue weighted by Crippen LogP contribution is 2.11. The van der Waals surface area contributed by atoms with Gasteiger partial charge in [0.15, 0.2) is 5.76 Å². The second-order valence-corrected chi connectivity index (χ2v) is 3.22. The average molecular weight is 192 g/mol. The molecule has 0 radical (unpaired) electrons. The van der Waals surface area contributed by atoms with Gasteiger partial charge in [0.25, 0.3) is 0 Å². The first-order valence-electron chi connectivity index (χ1n) is 4.21. The quantitative estimate of drug-likeness (QED) is 0.430. The van der Waals surface area contributed by atoms with Crippen LogP contribution in [0.5, 0.6) is 0 Å². The Morgan fingerprint density at radius 3 is 2.14 bits per heavy atom. The molecule has 0 aliphatic heterocycles. The van der Waals surface area contributed by atoms with Gasteiger partial charge in [0.2, 0.25) is 5.78 Å². The molecule has 0 spiro atoms. The van der Waals surface area contributed by atoms with Gasteiger partial charge in [-0.2, -0.15) is 0 Å². The molecule has 1 rings (SSSR count). The van der Waals surface area contributed by atoms with Gasteiger partial charge in [-0.05, 0) is 26.0 Å². The van der Waals surface area contributed by atoms with Crippen LogP contribution in [-0.2, 0) is 0 Å². The number of benzene rings is 1. The number of ketones is 1. The van der Waals surface area contributed by atoms with Crippen LogP contribution in [-0.4, -0.2) is 16.0 Å². The summed E-state index contributed by atoms with van der Waals surface area (Å²) < 4.78 is 0. The molecule has 0 bridgehead atoms. The summed E-state index contributed by atoms with van der Waals surface area (Å²) in [6, 6.07) is 5.25. The number of aliphatic hydroxyl groups is 2. The highest BCUT2D eigenvalue weighted by atomic mass is 16.3. The maximum atomic E-state index is 11.4.